The first kappa shape index (κ1) is 8.30. The molecule has 1 atom stereocenters. The van der Waals surface area contributed by atoms with Crippen LogP contribution in [0.5, 0.6) is 0 Å². The van der Waals surface area contributed by atoms with E-state index in [0.29, 0.717) is 0 Å². The number of nitrogens with zero attached hydrogens (tertiary/aromatic N) is 1. The van der Waals surface area contributed by atoms with Crippen LogP contribution in [0.4, 0.5) is 0 Å². The normalized spacial score (nSPS) is 25.4. The van der Waals surface area contributed by atoms with Gasteiger partial charge in [-0.2, -0.15) is 0 Å². The molecule has 58 valence electrons. The summed E-state index contributed by atoms with van der Waals surface area (Å²) in [5, 5.41) is 0. The van der Waals surface area contributed by atoms with E-state index in [1.165, 1.54) is 0 Å². The molecule has 0 saturated carbocycles. The minimum atomic E-state index is 0.181. The molecule has 1 fully saturated rings. The van der Waals surface area contributed by atoms with Crippen LogP contribution >= 0.6 is 24.0 Å². The summed E-state index contributed by atoms with van der Waals surface area (Å²) in [5.74, 6) is 0. The van der Waals surface area contributed by atoms with Crippen LogP contribution in [0.1, 0.15) is 6.92 Å². The maximum atomic E-state index is 5.31. The Morgan fingerprint density at radius 2 is 2.50 bits per heavy atom. The second kappa shape index (κ2) is 3.55. The topological polar surface area (TPSA) is 12.5 Å². The molecule has 4 heteroatoms. The van der Waals surface area contributed by atoms with Crippen LogP contribution in [0.15, 0.2) is 0 Å². The summed E-state index contributed by atoms with van der Waals surface area (Å²) in [7, 11) is 0. The molecule has 0 aromatic heterocycles. The minimum absolute atomic E-state index is 0.181. The van der Waals surface area contributed by atoms with Gasteiger partial charge in [-0.3, -0.25) is 0 Å². The Kier molecular flexibility index (Phi) is 2.95. The molecule has 1 aliphatic heterocycles. The highest BCUT2D eigenvalue weighted by Gasteiger charge is 2.22. The Morgan fingerprint density at radius 3 is 2.90 bits per heavy atom. The molecule has 0 N–H and O–H groups in total. The molecule has 1 saturated heterocycles. The van der Waals surface area contributed by atoms with Crippen LogP contribution < -0.4 is 0 Å². The largest absolute Gasteiger partial charge is 0.357 e. The number of rotatable bonds is 0. The monoisotopic (exact) mass is 177 g/mol. The van der Waals surface area contributed by atoms with Gasteiger partial charge in [0, 0.05) is 6.54 Å². The summed E-state index contributed by atoms with van der Waals surface area (Å²) < 4.78 is 6.25. The zero-order valence-electron chi connectivity index (χ0n) is 6.16. The van der Waals surface area contributed by atoms with Crippen molar-refractivity contribution in [3.05, 3.63) is 0 Å². The van der Waals surface area contributed by atoms with Crippen LogP contribution in [0.3, 0.4) is 0 Å². The molecule has 10 heavy (non-hydrogen) atoms. The van der Waals surface area contributed by atoms with Gasteiger partial charge in [0.05, 0.1) is 6.61 Å². The maximum Gasteiger partial charge on any atom is 0.138 e. The van der Waals surface area contributed by atoms with E-state index < -0.39 is 0 Å². The van der Waals surface area contributed by atoms with Crippen LogP contribution in [-0.2, 0) is 4.74 Å². The van der Waals surface area contributed by atoms with Crippen molar-refractivity contribution < 1.29 is 4.74 Å². The van der Waals surface area contributed by atoms with Gasteiger partial charge in [0.25, 0.3) is 0 Å². The Bertz CT molecular complexity index is 140. The van der Waals surface area contributed by atoms with Crippen molar-refractivity contribution in [1.82, 2.24) is 4.90 Å². The molecule has 0 spiro atoms. The van der Waals surface area contributed by atoms with Crippen molar-refractivity contribution in [2.75, 3.05) is 19.4 Å². The SMILES string of the molecule is CSC(=S)N1CCOC1C. The summed E-state index contributed by atoms with van der Waals surface area (Å²) in [6, 6.07) is 0. The average molecular weight is 177 g/mol. The molecule has 2 nitrogen and oxygen atoms in total. The summed E-state index contributed by atoms with van der Waals surface area (Å²) in [6.07, 6.45) is 2.17. The maximum absolute atomic E-state index is 5.31. The van der Waals surface area contributed by atoms with Crippen molar-refractivity contribution in [2.24, 2.45) is 0 Å². The van der Waals surface area contributed by atoms with Crippen LogP contribution in [0.2, 0.25) is 0 Å². The summed E-state index contributed by atoms with van der Waals surface area (Å²) in [5.41, 5.74) is 0. The third-order valence-electron chi connectivity index (χ3n) is 1.54. The second-order valence-corrected chi connectivity index (χ2v) is 3.57. The third kappa shape index (κ3) is 1.62. The number of ether oxygens (including phenoxy) is 1. The van der Waals surface area contributed by atoms with Crippen LogP contribution in [0.25, 0.3) is 0 Å². The fourth-order valence-electron chi connectivity index (χ4n) is 0.950. The molecule has 0 amide bonds. The number of thiocarbonyl (C=S) groups is 1. The van der Waals surface area contributed by atoms with Gasteiger partial charge in [-0.1, -0.05) is 12.2 Å². The van der Waals surface area contributed by atoms with Gasteiger partial charge in [0.2, 0.25) is 0 Å². The van der Waals surface area contributed by atoms with E-state index in [-0.39, 0.29) is 6.23 Å². The molecule has 0 bridgehead atoms. The molecule has 1 unspecified atom stereocenters. The fraction of sp³-hybridized carbons (Fsp3) is 0.833. The number of hydrogen-bond acceptors (Lipinski definition) is 3. The molecule has 0 aromatic carbocycles. The van der Waals surface area contributed by atoms with Crippen molar-refractivity contribution in [3.8, 4) is 0 Å². The summed E-state index contributed by atoms with van der Waals surface area (Å²) >= 11 is 6.70. The number of thioether (sulfide) groups is 1. The molecular weight excluding hydrogens is 166 g/mol. The molecule has 1 aliphatic rings. The molecule has 0 aromatic rings. The van der Waals surface area contributed by atoms with Gasteiger partial charge in [0.1, 0.15) is 10.5 Å². The molecule has 0 radical (unpaired) electrons. The van der Waals surface area contributed by atoms with Crippen molar-refractivity contribution in [2.45, 2.75) is 13.2 Å². The van der Waals surface area contributed by atoms with Crippen molar-refractivity contribution >= 4 is 28.3 Å². The number of hydrogen-bond donors (Lipinski definition) is 0. The smallest absolute Gasteiger partial charge is 0.138 e. The van der Waals surface area contributed by atoms with Gasteiger partial charge in [-0.25, -0.2) is 0 Å². The Labute approximate surface area is 70.9 Å². The highest BCUT2D eigenvalue weighted by Crippen LogP contribution is 2.14. The van der Waals surface area contributed by atoms with Crippen molar-refractivity contribution in [1.29, 1.82) is 0 Å². The fourth-order valence-corrected chi connectivity index (χ4v) is 1.66. The van der Waals surface area contributed by atoms with E-state index in [9.17, 15) is 0 Å². The zero-order chi connectivity index (χ0) is 7.56. The van der Waals surface area contributed by atoms with E-state index in [4.69, 9.17) is 17.0 Å². The quantitative estimate of drug-likeness (QED) is 0.517. The minimum Gasteiger partial charge on any atom is -0.357 e. The Hall–Kier alpha value is 0.200. The Morgan fingerprint density at radius 1 is 1.80 bits per heavy atom. The van der Waals surface area contributed by atoms with E-state index in [1.807, 2.05) is 13.2 Å². The van der Waals surface area contributed by atoms with Gasteiger partial charge in [-0.15, -0.1) is 11.8 Å². The van der Waals surface area contributed by atoms with E-state index in [1.54, 1.807) is 11.8 Å². The summed E-state index contributed by atoms with van der Waals surface area (Å²) in [6.45, 7) is 3.78. The summed E-state index contributed by atoms with van der Waals surface area (Å²) in [4.78, 5) is 2.10. The van der Waals surface area contributed by atoms with Gasteiger partial charge < -0.3 is 9.64 Å². The molecule has 1 rings (SSSR count). The van der Waals surface area contributed by atoms with Gasteiger partial charge in [-0.05, 0) is 13.2 Å². The lowest BCUT2D eigenvalue weighted by Crippen LogP contribution is -2.30. The first-order valence-corrected chi connectivity index (χ1v) is 4.85. The first-order valence-electron chi connectivity index (χ1n) is 3.22. The molecule has 1 heterocycles. The van der Waals surface area contributed by atoms with Gasteiger partial charge in [0.15, 0.2) is 0 Å². The first-order chi connectivity index (χ1) is 4.75. The standard InChI is InChI=1S/C6H11NOS2/c1-5-7(3-4-8-5)6(9)10-2/h5H,3-4H2,1-2H3. The lowest BCUT2D eigenvalue weighted by atomic mass is 10.6. The van der Waals surface area contributed by atoms with Gasteiger partial charge >= 0.3 is 0 Å². The second-order valence-electron chi connectivity index (χ2n) is 2.13. The molecule has 0 aliphatic carbocycles. The Balaban J connectivity index is 2.46. The predicted octanol–water partition coefficient (Wildman–Crippen LogP) is 1.31. The predicted molar refractivity (Wildman–Crippen MR) is 48.2 cm³/mol. The highest BCUT2D eigenvalue weighted by molar-refractivity contribution is 8.22. The van der Waals surface area contributed by atoms with Crippen LogP contribution in [-0.4, -0.2) is 34.9 Å². The van der Waals surface area contributed by atoms with Crippen LogP contribution in [0, 0.1) is 0 Å². The van der Waals surface area contributed by atoms with E-state index in [0.717, 1.165) is 17.5 Å². The third-order valence-corrected chi connectivity index (χ3v) is 2.86. The average Bonchev–Trinajstić information content (AvgIpc) is 2.34. The van der Waals surface area contributed by atoms with Crippen molar-refractivity contribution in [3.63, 3.8) is 0 Å². The lowest BCUT2D eigenvalue weighted by molar-refractivity contribution is 0.0819. The highest BCUT2D eigenvalue weighted by atomic mass is 32.2. The molecular formula is C6H11NOS2. The van der Waals surface area contributed by atoms with E-state index >= 15 is 0 Å². The zero-order valence-corrected chi connectivity index (χ0v) is 7.80. The van der Waals surface area contributed by atoms with E-state index in [2.05, 4.69) is 4.90 Å². The lowest BCUT2D eigenvalue weighted by Gasteiger charge is -2.20.